The van der Waals surface area contributed by atoms with Crippen molar-refractivity contribution in [1.82, 2.24) is 19.7 Å². The van der Waals surface area contributed by atoms with Crippen molar-refractivity contribution >= 4 is 50.9 Å². The zero-order chi connectivity index (χ0) is 21.8. The van der Waals surface area contributed by atoms with Crippen molar-refractivity contribution in [1.29, 1.82) is 0 Å². The summed E-state index contributed by atoms with van der Waals surface area (Å²) in [7, 11) is 0. The molecule has 2 aromatic carbocycles. The number of anilines is 1. The Hall–Kier alpha value is -2.68. The number of benzene rings is 2. The van der Waals surface area contributed by atoms with Gasteiger partial charge in [-0.1, -0.05) is 39.3 Å². The largest absolute Gasteiger partial charge is 0.325 e. The molecule has 31 heavy (non-hydrogen) atoms. The monoisotopic (exact) mass is 513 g/mol. The van der Waals surface area contributed by atoms with Crippen molar-refractivity contribution in [3.63, 3.8) is 0 Å². The van der Waals surface area contributed by atoms with Gasteiger partial charge >= 0.3 is 0 Å². The van der Waals surface area contributed by atoms with Crippen LogP contribution in [0, 0.1) is 6.92 Å². The van der Waals surface area contributed by atoms with Crippen molar-refractivity contribution in [2.24, 2.45) is 0 Å². The van der Waals surface area contributed by atoms with Gasteiger partial charge in [0, 0.05) is 38.8 Å². The average molecular weight is 515 g/mol. The van der Waals surface area contributed by atoms with Gasteiger partial charge in [0.15, 0.2) is 11.0 Å². The molecule has 0 atom stereocenters. The molecule has 4 rings (SSSR count). The first-order chi connectivity index (χ1) is 15.0. The summed E-state index contributed by atoms with van der Waals surface area (Å²) in [4.78, 5) is 16.7. The summed E-state index contributed by atoms with van der Waals surface area (Å²) in [6.07, 6.45) is 3.45. The molecule has 0 radical (unpaired) electrons. The molecule has 0 aliphatic rings. The Bertz CT molecular complexity index is 1210. The lowest BCUT2D eigenvalue weighted by Crippen LogP contribution is -2.15. The molecule has 0 unspecified atom stereocenters. The molecule has 4 aromatic rings. The van der Waals surface area contributed by atoms with Gasteiger partial charge in [-0.2, -0.15) is 0 Å². The van der Waals surface area contributed by atoms with E-state index < -0.39 is 0 Å². The molecule has 0 aliphatic carbocycles. The quantitative estimate of drug-likeness (QED) is 0.330. The molecule has 0 spiro atoms. The van der Waals surface area contributed by atoms with Gasteiger partial charge in [-0.25, -0.2) is 0 Å². The molecular formula is C22H17BrClN5OS. The zero-order valence-electron chi connectivity index (χ0n) is 16.4. The fourth-order valence-electron chi connectivity index (χ4n) is 2.95. The number of aromatic nitrogens is 4. The molecule has 0 saturated heterocycles. The molecule has 6 nitrogen and oxygen atoms in total. The van der Waals surface area contributed by atoms with Gasteiger partial charge in [0.25, 0.3) is 0 Å². The van der Waals surface area contributed by atoms with E-state index in [9.17, 15) is 4.79 Å². The van der Waals surface area contributed by atoms with E-state index in [1.807, 2.05) is 54.0 Å². The first kappa shape index (κ1) is 21.5. The number of pyridine rings is 1. The van der Waals surface area contributed by atoms with E-state index >= 15 is 0 Å². The summed E-state index contributed by atoms with van der Waals surface area (Å²) in [5.74, 6) is 0.708. The van der Waals surface area contributed by atoms with Crippen LogP contribution >= 0.6 is 39.3 Å². The summed E-state index contributed by atoms with van der Waals surface area (Å²) in [6.45, 7) is 1.90. The molecule has 2 heterocycles. The van der Waals surface area contributed by atoms with Gasteiger partial charge in [-0.05, 0) is 67.1 Å². The topological polar surface area (TPSA) is 72.7 Å². The maximum absolute atomic E-state index is 12.6. The Morgan fingerprint density at radius 3 is 2.68 bits per heavy atom. The van der Waals surface area contributed by atoms with Crippen LogP contribution in [0.3, 0.4) is 0 Å². The highest BCUT2D eigenvalue weighted by Gasteiger charge is 2.17. The Labute approximate surface area is 197 Å². The fraction of sp³-hybridized carbons (Fsp3) is 0.0909. The van der Waals surface area contributed by atoms with Gasteiger partial charge in [0.1, 0.15) is 0 Å². The van der Waals surface area contributed by atoms with Gasteiger partial charge < -0.3 is 5.32 Å². The number of nitrogens with zero attached hydrogens (tertiary/aromatic N) is 4. The van der Waals surface area contributed by atoms with Crippen LogP contribution in [-0.2, 0) is 4.79 Å². The number of carbonyl (C=O) groups excluding carboxylic acids is 1. The maximum Gasteiger partial charge on any atom is 0.234 e. The van der Waals surface area contributed by atoms with Crippen molar-refractivity contribution in [3.05, 3.63) is 82.0 Å². The van der Waals surface area contributed by atoms with Crippen molar-refractivity contribution in [2.75, 3.05) is 11.1 Å². The number of aryl methyl sites for hydroxylation is 1. The van der Waals surface area contributed by atoms with Crippen LogP contribution in [0.2, 0.25) is 5.02 Å². The first-order valence-corrected chi connectivity index (χ1v) is 11.5. The number of carbonyl (C=O) groups is 1. The Kier molecular flexibility index (Phi) is 6.70. The molecule has 2 aromatic heterocycles. The van der Waals surface area contributed by atoms with Crippen LogP contribution in [0.4, 0.5) is 5.69 Å². The molecule has 156 valence electrons. The normalized spacial score (nSPS) is 10.8. The zero-order valence-corrected chi connectivity index (χ0v) is 19.6. The molecule has 0 saturated carbocycles. The van der Waals surface area contributed by atoms with E-state index in [0.717, 1.165) is 27.0 Å². The Morgan fingerprint density at radius 2 is 1.97 bits per heavy atom. The highest BCUT2D eigenvalue weighted by atomic mass is 79.9. The number of nitrogens with one attached hydrogen (secondary N) is 1. The Balaban J connectivity index is 1.58. The predicted molar refractivity (Wildman–Crippen MR) is 128 cm³/mol. The minimum Gasteiger partial charge on any atom is -0.325 e. The van der Waals surface area contributed by atoms with Crippen molar-refractivity contribution in [2.45, 2.75) is 12.1 Å². The number of hydrogen-bond acceptors (Lipinski definition) is 5. The van der Waals surface area contributed by atoms with Crippen LogP contribution in [0.1, 0.15) is 5.56 Å². The molecule has 0 aliphatic heterocycles. The third-order valence-electron chi connectivity index (χ3n) is 4.43. The molecule has 1 N–H and O–H groups in total. The number of thioether (sulfide) groups is 1. The van der Waals surface area contributed by atoms with E-state index in [-0.39, 0.29) is 11.7 Å². The standard InChI is InChI=1S/C22H17BrClN5OS/c1-14-11-17(24)6-9-19(14)26-20(30)13-31-22-28-27-21(15-3-2-10-25-12-15)29(22)18-7-4-16(23)5-8-18/h2-12H,13H2,1H3,(H,26,30). The van der Waals surface area contributed by atoms with Crippen LogP contribution in [0.25, 0.3) is 17.1 Å². The van der Waals surface area contributed by atoms with E-state index in [1.165, 1.54) is 11.8 Å². The van der Waals surface area contributed by atoms with Gasteiger partial charge in [-0.3, -0.25) is 14.3 Å². The summed E-state index contributed by atoms with van der Waals surface area (Å²) >= 11 is 10.8. The second-order valence-electron chi connectivity index (χ2n) is 6.66. The SMILES string of the molecule is Cc1cc(Cl)ccc1NC(=O)CSc1nnc(-c2cccnc2)n1-c1ccc(Br)cc1. The summed E-state index contributed by atoms with van der Waals surface area (Å²) in [5, 5.41) is 12.9. The van der Waals surface area contributed by atoms with Crippen LogP contribution in [-0.4, -0.2) is 31.4 Å². The highest BCUT2D eigenvalue weighted by molar-refractivity contribution is 9.10. The van der Waals surface area contributed by atoms with Crippen molar-refractivity contribution < 1.29 is 4.79 Å². The second-order valence-corrected chi connectivity index (χ2v) is 8.95. The second kappa shape index (κ2) is 9.64. The first-order valence-electron chi connectivity index (χ1n) is 9.32. The molecule has 0 fully saturated rings. The summed E-state index contributed by atoms with van der Waals surface area (Å²) in [6, 6.07) is 17.0. The predicted octanol–water partition coefficient (Wildman–Crippen LogP) is 5.78. The number of halogens is 2. The van der Waals surface area contributed by atoms with Gasteiger partial charge in [-0.15, -0.1) is 10.2 Å². The minimum atomic E-state index is -0.135. The lowest BCUT2D eigenvalue weighted by Gasteiger charge is -2.11. The van der Waals surface area contributed by atoms with Gasteiger partial charge in [0.05, 0.1) is 5.75 Å². The van der Waals surface area contributed by atoms with Crippen LogP contribution in [0.5, 0.6) is 0 Å². The van der Waals surface area contributed by atoms with E-state index in [4.69, 9.17) is 11.6 Å². The smallest absolute Gasteiger partial charge is 0.234 e. The minimum absolute atomic E-state index is 0.135. The Morgan fingerprint density at radius 1 is 1.16 bits per heavy atom. The fourth-order valence-corrected chi connectivity index (χ4v) is 4.19. The third-order valence-corrected chi connectivity index (χ3v) is 6.13. The van der Waals surface area contributed by atoms with Gasteiger partial charge in [0.2, 0.25) is 5.91 Å². The average Bonchev–Trinajstić information content (AvgIpc) is 3.19. The lowest BCUT2D eigenvalue weighted by molar-refractivity contribution is -0.113. The maximum atomic E-state index is 12.6. The number of rotatable bonds is 6. The third kappa shape index (κ3) is 5.15. The molecular weight excluding hydrogens is 498 g/mol. The van der Waals surface area contributed by atoms with E-state index in [1.54, 1.807) is 24.5 Å². The van der Waals surface area contributed by atoms with Crippen LogP contribution in [0.15, 0.2) is 76.6 Å². The van der Waals surface area contributed by atoms with Crippen molar-refractivity contribution in [3.8, 4) is 17.1 Å². The molecule has 1 amide bonds. The number of amides is 1. The summed E-state index contributed by atoms with van der Waals surface area (Å²) < 4.78 is 2.90. The lowest BCUT2D eigenvalue weighted by atomic mass is 10.2. The number of hydrogen-bond donors (Lipinski definition) is 1. The van der Waals surface area contributed by atoms with E-state index in [0.29, 0.717) is 16.0 Å². The molecule has 9 heteroatoms. The highest BCUT2D eigenvalue weighted by Crippen LogP contribution is 2.28. The van der Waals surface area contributed by atoms with E-state index in [2.05, 4.69) is 36.4 Å². The summed E-state index contributed by atoms with van der Waals surface area (Å²) in [5.41, 5.74) is 3.37. The molecule has 0 bridgehead atoms. The van der Waals surface area contributed by atoms with Crippen LogP contribution < -0.4 is 5.32 Å².